The molecule has 0 radical (unpaired) electrons. The first kappa shape index (κ1) is 14.8. The number of hydrogen-bond donors (Lipinski definition) is 1. The van der Waals surface area contributed by atoms with Crippen LogP contribution in [0.25, 0.3) is 0 Å². The van der Waals surface area contributed by atoms with Crippen molar-refractivity contribution < 1.29 is 4.74 Å². The van der Waals surface area contributed by atoms with Crippen LogP contribution in [0.5, 0.6) is 0 Å². The summed E-state index contributed by atoms with van der Waals surface area (Å²) in [6.07, 6.45) is 5.34. The Kier molecular flexibility index (Phi) is 4.65. The molecule has 0 aromatic heterocycles. The standard InChI is InChI=1S/C16H31N3O/c1-18-7-5-14(9-18)10-19(2)12-16(6-8-20-13-16)11-17-15-3-4-15/h14-15,17H,3-13H2,1-2H3. The van der Waals surface area contributed by atoms with E-state index in [1.54, 1.807) is 0 Å². The summed E-state index contributed by atoms with van der Waals surface area (Å²) < 4.78 is 5.73. The van der Waals surface area contributed by atoms with E-state index in [2.05, 4.69) is 29.2 Å². The van der Waals surface area contributed by atoms with Crippen LogP contribution in [0.15, 0.2) is 0 Å². The highest BCUT2D eigenvalue weighted by Gasteiger charge is 2.37. The van der Waals surface area contributed by atoms with Crippen molar-refractivity contribution >= 4 is 0 Å². The molecule has 116 valence electrons. The average Bonchev–Trinajstić information content (AvgIpc) is 3.00. The van der Waals surface area contributed by atoms with E-state index < -0.39 is 0 Å². The van der Waals surface area contributed by atoms with Crippen LogP contribution in [0.4, 0.5) is 0 Å². The van der Waals surface area contributed by atoms with Crippen molar-refractivity contribution in [1.29, 1.82) is 0 Å². The molecule has 2 saturated heterocycles. The molecule has 2 unspecified atom stereocenters. The number of nitrogens with one attached hydrogen (secondary N) is 1. The van der Waals surface area contributed by atoms with E-state index in [4.69, 9.17) is 4.74 Å². The quantitative estimate of drug-likeness (QED) is 0.754. The van der Waals surface area contributed by atoms with Crippen LogP contribution in [0, 0.1) is 11.3 Å². The minimum absolute atomic E-state index is 0.363. The Balaban J connectivity index is 1.47. The summed E-state index contributed by atoms with van der Waals surface area (Å²) in [5, 5.41) is 3.73. The number of hydrogen-bond acceptors (Lipinski definition) is 4. The van der Waals surface area contributed by atoms with Crippen LogP contribution >= 0.6 is 0 Å². The van der Waals surface area contributed by atoms with Crippen molar-refractivity contribution in [3.05, 3.63) is 0 Å². The van der Waals surface area contributed by atoms with E-state index in [0.29, 0.717) is 5.41 Å². The molecule has 4 nitrogen and oxygen atoms in total. The Morgan fingerprint density at radius 1 is 1.35 bits per heavy atom. The number of nitrogens with zero attached hydrogens (tertiary/aromatic N) is 2. The molecule has 2 atom stereocenters. The molecule has 0 aromatic rings. The molecule has 0 aromatic carbocycles. The lowest BCUT2D eigenvalue weighted by atomic mass is 9.86. The van der Waals surface area contributed by atoms with E-state index in [0.717, 1.165) is 31.7 Å². The zero-order chi connectivity index (χ0) is 14.0. The van der Waals surface area contributed by atoms with Gasteiger partial charge in [0.1, 0.15) is 0 Å². The third-order valence-corrected chi connectivity index (χ3v) is 5.19. The van der Waals surface area contributed by atoms with Crippen molar-refractivity contribution in [2.45, 2.75) is 31.7 Å². The highest BCUT2D eigenvalue weighted by Crippen LogP contribution is 2.31. The topological polar surface area (TPSA) is 27.7 Å². The lowest BCUT2D eigenvalue weighted by Crippen LogP contribution is -2.45. The Morgan fingerprint density at radius 3 is 2.80 bits per heavy atom. The van der Waals surface area contributed by atoms with Gasteiger partial charge in [-0.2, -0.15) is 0 Å². The summed E-state index contributed by atoms with van der Waals surface area (Å²) in [6.45, 7) is 8.02. The third kappa shape index (κ3) is 3.94. The molecule has 0 bridgehead atoms. The van der Waals surface area contributed by atoms with Crippen molar-refractivity contribution in [1.82, 2.24) is 15.1 Å². The summed E-state index contributed by atoms with van der Waals surface area (Å²) in [4.78, 5) is 5.02. The summed E-state index contributed by atoms with van der Waals surface area (Å²) in [6, 6.07) is 0.807. The zero-order valence-electron chi connectivity index (χ0n) is 13.2. The molecule has 20 heavy (non-hydrogen) atoms. The molecule has 3 rings (SSSR count). The van der Waals surface area contributed by atoms with Crippen LogP contribution in [0.3, 0.4) is 0 Å². The van der Waals surface area contributed by atoms with Crippen molar-refractivity contribution in [3.8, 4) is 0 Å². The second-order valence-electron chi connectivity index (χ2n) is 7.57. The maximum Gasteiger partial charge on any atom is 0.0547 e. The van der Waals surface area contributed by atoms with Gasteiger partial charge >= 0.3 is 0 Å². The molecule has 4 heteroatoms. The van der Waals surface area contributed by atoms with Gasteiger partial charge in [-0.25, -0.2) is 0 Å². The van der Waals surface area contributed by atoms with Crippen molar-refractivity contribution in [2.24, 2.45) is 11.3 Å². The first-order valence-electron chi connectivity index (χ1n) is 8.33. The predicted molar refractivity (Wildman–Crippen MR) is 82.0 cm³/mol. The van der Waals surface area contributed by atoms with Gasteiger partial charge in [0.2, 0.25) is 0 Å². The van der Waals surface area contributed by atoms with Gasteiger partial charge in [0.15, 0.2) is 0 Å². The Bertz CT molecular complexity index is 313. The summed E-state index contributed by atoms with van der Waals surface area (Å²) in [7, 11) is 4.54. The monoisotopic (exact) mass is 281 g/mol. The Morgan fingerprint density at radius 2 is 2.20 bits per heavy atom. The lowest BCUT2D eigenvalue weighted by molar-refractivity contribution is 0.112. The van der Waals surface area contributed by atoms with Crippen molar-refractivity contribution in [2.75, 3.05) is 60.0 Å². The molecule has 1 aliphatic carbocycles. The van der Waals surface area contributed by atoms with E-state index in [-0.39, 0.29) is 0 Å². The van der Waals surface area contributed by atoms with Gasteiger partial charge in [-0.3, -0.25) is 0 Å². The highest BCUT2D eigenvalue weighted by molar-refractivity contribution is 4.92. The van der Waals surface area contributed by atoms with Crippen molar-refractivity contribution in [3.63, 3.8) is 0 Å². The van der Waals surface area contributed by atoms with Gasteiger partial charge in [0.25, 0.3) is 0 Å². The van der Waals surface area contributed by atoms with Gasteiger partial charge in [0, 0.05) is 44.2 Å². The molecular formula is C16H31N3O. The van der Waals surface area contributed by atoms with Crippen LogP contribution in [0.2, 0.25) is 0 Å². The SMILES string of the molecule is CN1CCC(CN(C)CC2(CNC3CC3)CCOC2)C1. The van der Waals surface area contributed by atoms with Gasteiger partial charge in [0.05, 0.1) is 6.61 Å². The molecule has 2 heterocycles. The second-order valence-corrected chi connectivity index (χ2v) is 7.57. The lowest BCUT2D eigenvalue weighted by Gasteiger charge is -2.33. The van der Waals surface area contributed by atoms with Crippen LogP contribution in [0.1, 0.15) is 25.7 Å². The maximum atomic E-state index is 5.73. The normalized spacial score (nSPS) is 35.2. The summed E-state index contributed by atoms with van der Waals surface area (Å²) >= 11 is 0. The molecular weight excluding hydrogens is 250 g/mol. The van der Waals surface area contributed by atoms with E-state index in [1.165, 1.54) is 51.9 Å². The van der Waals surface area contributed by atoms with Crippen LogP contribution in [-0.2, 0) is 4.74 Å². The Hall–Kier alpha value is -0.160. The molecule has 3 fully saturated rings. The third-order valence-electron chi connectivity index (χ3n) is 5.19. The van der Waals surface area contributed by atoms with E-state index in [1.807, 2.05) is 0 Å². The molecule has 2 aliphatic heterocycles. The number of rotatable bonds is 7. The predicted octanol–water partition coefficient (Wildman–Crippen LogP) is 1.03. The molecule has 0 spiro atoms. The number of ether oxygens (including phenoxy) is 1. The molecule has 1 N–H and O–H groups in total. The van der Waals surface area contributed by atoms with E-state index in [9.17, 15) is 0 Å². The molecule has 0 amide bonds. The second kappa shape index (κ2) is 6.30. The van der Waals surface area contributed by atoms with Gasteiger partial charge in [-0.15, -0.1) is 0 Å². The van der Waals surface area contributed by atoms with Crippen LogP contribution < -0.4 is 5.32 Å². The smallest absolute Gasteiger partial charge is 0.0547 e. The summed E-state index contributed by atoms with van der Waals surface area (Å²) in [5.41, 5.74) is 0.363. The first-order valence-corrected chi connectivity index (χ1v) is 8.33. The van der Waals surface area contributed by atoms with Gasteiger partial charge in [-0.05, 0) is 52.2 Å². The van der Waals surface area contributed by atoms with E-state index >= 15 is 0 Å². The molecule has 1 saturated carbocycles. The number of likely N-dealkylation sites (tertiary alicyclic amines) is 1. The largest absolute Gasteiger partial charge is 0.381 e. The van der Waals surface area contributed by atoms with Gasteiger partial charge in [-0.1, -0.05) is 0 Å². The highest BCUT2D eigenvalue weighted by atomic mass is 16.5. The zero-order valence-corrected chi connectivity index (χ0v) is 13.2. The molecule has 3 aliphatic rings. The minimum atomic E-state index is 0.363. The first-order chi connectivity index (χ1) is 9.65. The summed E-state index contributed by atoms with van der Waals surface area (Å²) in [5.74, 6) is 0.862. The fraction of sp³-hybridized carbons (Fsp3) is 1.00. The minimum Gasteiger partial charge on any atom is -0.381 e. The fourth-order valence-electron chi connectivity index (χ4n) is 3.87. The average molecular weight is 281 g/mol. The maximum absolute atomic E-state index is 5.73. The van der Waals surface area contributed by atoms with Crippen LogP contribution in [-0.4, -0.2) is 75.9 Å². The Labute approximate surface area is 123 Å². The fourth-order valence-corrected chi connectivity index (χ4v) is 3.87. The van der Waals surface area contributed by atoms with Gasteiger partial charge < -0.3 is 19.9 Å².